The first-order chi connectivity index (χ1) is 18.7. The number of aryl methyl sites for hydroxylation is 1. The van der Waals surface area contributed by atoms with Gasteiger partial charge in [0.2, 0.25) is 0 Å². The predicted molar refractivity (Wildman–Crippen MR) is 148 cm³/mol. The summed E-state index contributed by atoms with van der Waals surface area (Å²) in [5.74, 6) is -0.542. The van der Waals surface area contributed by atoms with E-state index < -0.39 is 23.7 Å². The van der Waals surface area contributed by atoms with Crippen molar-refractivity contribution in [1.29, 1.82) is 0 Å². The number of anilines is 1. The highest BCUT2D eigenvalue weighted by Gasteiger charge is 2.30. The summed E-state index contributed by atoms with van der Waals surface area (Å²) in [5, 5.41) is 0.287. The van der Waals surface area contributed by atoms with Crippen LogP contribution in [0.15, 0.2) is 59.7 Å². The molecule has 2 unspecified atom stereocenters. The Labute approximate surface area is 228 Å². The number of hydrogen-bond donors (Lipinski definition) is 0. The molecule has 5 rings (SSSR count). The second-order valence-corrected chi connectivity index (χ2v) is 10.4. The maximum atomic E-state index is 13.5. The number of amides is 1. The number of ether oxygens (including phenoxy) is 2. The number of hydrogen-bond acceptors (Lipinski definition) is 8. The van der Waals surface area contributed by atoms with E-state index in [9.17, 15) is 19.2 Å². The van der Waals surface area contributed by atoms with Crippen molar-refractivity contribution in [3.63, 3.8) is 0 Å². The molecule has 0 spiro atoms. The summed E-state index contributed by atoms with van der Waals surface area (Å²) in [6.45, 7) is 5.18. The molecule has 1 aliphatic heterocycles. The monoisotopic (exact) mass is 545 g/mol. The quantitative estimate of drug-likeness (QED) is 0.251. The Morgan fingerprint density at radius 2 is 1.90 bits per heavy atom. The summed E-state index contributed by atoms with van der Waals surface area (Å²) in [6, 6.07) is 13.7. The molecule has 0 saturated heterocycles. The van der Waals surface area contributed by atoms with Crippen LogP contribution in [0.3, 0.4) is 0 Å². The van der Waals surface area contributed by atoms with E-state index in [2.05, 4.69) is 4.98 Å². The Morgan fingerprint density at radius 3 is 2.64 bits per heavy atom. The van der Waals surface area contributed by atoms with Crippen LogP contribution in [0.2, 0.25) is 0 Å². The first-order valence-electron chi connectivity index (χ1n) is 12.5. The molecule has 39 heavy (non-hydrogen) atoms. The Hall–Kier alpha value is -4.31. The number of fused-ring (bicyclic) bond motifs is 2. The molecule has 0 radical (unpaired) electrons. The van der Waals surface area contributed by atoms with Crippen LogP contribution in [0.5, 0.6) is 5.75 Å². The lowest BCUT2D eigenvalue weighted by molar-refractivity contribution is -0.125. The SMILES string of the molecule is Cc1c(C(=O)OCCc2ccccc2)sc2ncn(C(C)C(=O)c3ccc4c(c3)N(C)C(=O)C(C)O4)c(=O)c12. The number of aromatic nitrogens is 2. The molecule has 2 aromatic heterocycles. The van der Waals surface area contributed by atoms with Gasteiger partial charge < -0.3 is 14.4 Å². The van der Waals surface area contributed by atoms with Gasteiger partial charge in [-0.3, -0.25) is 19.0 Å². The minimum Gasteiger partial charge on any atom is -0.479 e. The van der Waals surface area contributed by atoms with E-state index in [0.717, 1.165) is 16.9 Å². The molecule has 1 amide bonds. The topological polar surface area (TPSA) is 108 Å². The van der Waals surface area contributed by atoms with Crippen LogP contribution in [0.25, 0.3) is 10.2 Å². The second kappa shape index (κ2) is 10.5. The maximum absolute atomic E-state index is 13.5. The molecule has 10 heteroatoms. The zero-order chi connectivity index (χ0) is 27.8. The average molecular weight is 546 g/mol. The van der Waals surface area contributed by atoms with Gasteiger partial charge in [-0.1, -0.05) is 30.3 Å². The van der Waals surface area contributed by atoms with E-state index in [1.165, 1.54) is 15.8 Å². The fraction of sp³-hybridized carbons (Fsp3) is 0.276. The third-order valence-corrected chi connectivity index (χ3v) is 8.09. The van der Waals surface area contributed by atoms with Gasteiger partial charge in [0.1, 0.15) is 15.5 Å². The summed E-state index contributed by atoms with van der Waals surface area (Å²) in [7, 11) is 1.63. The molecule has 4 aromatic rings. The Bertz CT molecular complexity index is 1660. The van der Waals surface area contributed by atoms with Gasteiger partial charge in [-0.05, 0) is 50.1 Å². The van der Waals surface area contributed by atoms with Crippen molar-refractivity contribution in [3.8, 4) is 5.75 Å². The number of thiophene rings is 1. The van der Waals surface area contributed by atoms with Crippen molar-refractivity contribution in [1.82, 2.24) is 9.55 Å². The molecule has 0 fully saturated rings. The fourth-order valence-corrected chi connectivity index (χ4v) is 5.64. The lowest BCUT2D eigenvalue weighted by Gasteiger charge is -2.30. The third-order valence-electron chi connectivity index (χ3n) is 6.91. The molecule has 1 aliphatic rings. The van der Waals surface area contributed by atoms with E-state index in [4.69, 9.17) is 9.47 Å². The van der Waals surface area contributed by atoms with Gasteiger partial charge in [0.25, 0.3) is 11.5 Å². The van der Waals surface area contributed by atoms with Crippen LogP contribution < -0.4 is 15.2 Å². The van der Waals surface area contributed by atoms with E-state index in [-0.39, 0.29) is 23.7 Å². The largest absolute Gasteiger partial charge is 0.479 e. The summed E-state index contributed by atoms with van der Waals surface area (Å²) in [6.07, 6.45) is 1.30. The van der Waals surface area contributed by atoms with Crippen molar-refractivity contribution in [3.05, 3.63) is 86.8 Å². The van der Waals surface area contributed by atoms with E-state index >= 15 is 0 Å². The number of nitrogens with zero attached hydrogens (tertiary/aromatic N) is 3. The lowest BCUT2D eigenvalue weighted by Crippen LogP contribution is -2.42. The molecule has 9 nitrogen and oxygen atoms in total. The highest BCUT2D eigenvalue weighted by atomic mass is 32.1. The smallest absolute Gasteiger partial charge is 0.348 e. The summed E-state index contributed by atoms with van der Waals surface area (Å²) in [4.78, 5) is 58.6. The standard InChI is InChI=1S/C29H27N3O6S/c1-16-23-26(39-25(16)29(36)37-13-12-19-8-6-5-7-9-19)30-15-32(28(23)35)17(2)24(33)20-10-11-22-21(14-20)31(4)27(34)18(3)38-22/h5-11,14-15,17-18H,12-13H2,1-4H3. The number of likely N-dealkylation sites (N-methyl/N-ethyl adjacent to an activating group) is 1. The molecule has 0 aliphatic carbocycles. The number of carbonyl (C=O) groups excluding carboxylic acids is 3. The number of benzene rings is 2. The van der Waals surface area contributed by atoms with Crippen molar-refractivity contribution >= 4 is 44.9 Å². The van der Waals surface area contributed by atoms with Gasteiger partial charge >= 0.3 is 5.97 Å². The van der Waals surface area contributed by atoms with Gasteiger partial charge in [0.05, 0.1) is 30.0 Å². The zero-order valence-corrected chi connectivity index (χ0v) is 22.8. The predicted octanol–water partition coefficient (Wildman–Crippen LogP) is 4.35. The van der Waals surface area contributed by atoms with Crippen molar-refractivity contribution in [2.75, 3.05) is 18.6 Å². The minimum atomic E-state index is -0.877. The molecule has 200 valence electrons. The number of ketones is 1. The summed E-state index contributed by atoms with van der Waals surface area (Å²) >= 11 is 1.10. The van der Waals surface area contributed by atoms with Crippen LogP contribution in [0.1, 0.15) is 51.0 Å². The number of rotatable bonds is 7. The zero-order valence-electron chi connectivity index (χ0n) is 22.0. The average Bonchev–Trinajstić information content (AvgIpc) is 3.28. The first-order valence-corrected chi connectivity index (χ1v) is 13.3. The van der Waals surface area contributed by atoms with Gasteiger partial charge in [-0.25, -0.2) is 9.78 Å². The van der Waals surface area contributed by atoms with Crippen LogP contribution in [-0.4, -0.2) is 47.0 Å². The molecule has 2 atom stereocenters. The van der Waals surface area contributed by atoms with Gasteiger partial charge in [-0.2, -0.15) is 0 Å². The highest BCUT2D eigenvalue weighted by Crippen LogP contribution is 2.35. The van der Waals surface area contributed by atoms with Gasteiger partial charge in [-0.15, -0.1) is 11.3 Å². The van der Waals surface area contributed by atoms with Crippen LogP contribution >= 0.6 is 11.3 Å². The molecule has 0 N–H and O–H groups in total. The Balaban J connectivity index is 1.38. The lowest BCUT2D eigenvalue weighted by atomic mass is 10.0. The third kappa shape index (κ3) is 4.83. The van der Waals surface area contributed by atoms with Crippen LogP contribution in [0.4, 0.5) is 5.69 Å². The molecular formula is C29H27N3O6S. The van der Waals surface area contributed by atoms with Gasteiger partial charge in [0.15, 0.2) is 11.9 Å². The van der Waals surface area contributed by atoms with Crippen LogP contribution in [0, 0.1) is 6.92 Å². The number of esters is 1. The van der Waals surface area contributed by atoms with E-state index in [1.54, 1.807) is 46.0 Å². The number of carbonyl (C=O) groups is 3. The normalized spacial score (nSPS) is 15.5. The van der Waals surface area contributed by atoms with E-state index in [0.29, 0.717) is 38.7 Å². The Morgan fingerprint density at radius 1 is 1.15 bits per heavy atom. The highest BCUT2D eigenvalue weighted by molar-refractivity contribution is 7.20. The van der Waals surface area contributed by atoms with Crippen molar-refractivity contribution in [2.45, 2.75) is 39.3 Å². The molecule has 0 bridgehead atoms. The van der Waals surface area contributed by atoms with Crippen molar-refractivity contribution < 1.29 is 23.9 Å². The second-order valence-electron chi connectivity index (χ2n) is 9.44. The van der Waals surface area contributed by atoms with Crippen LogP contribution in [-0.2, 0) is 16.0 Å². The number of Topliss-reactive ketones (excluding diaryl/α,β-unsaturated/α-hetero) is 1. The molecule has 0 saturated carbocycles. The Kier molecular flexibility index (Phi) is 7.05. The van der Waals surface area contributed by atoms with Crippen molar-refractivity contribution in [2.24, 2.45) is 0 Å². The fourth-order valence-electron chi connectivity index (χ4n) is 4.61. The molecule has 3 heterocycles. The summed E-state index contributed by atoms with van der Waals surface area (Å²) in [5.41, 5.74) is 1.93. The summed E-state index contributed by atoms with van der Waals surface area (Å²) < 4.78 is 12.4. The van der Waals surface area contributed by atoms with Gasteiger partial charge in [0, 0.05) is 19.0 Å². The molecular weight excluding hydrogens is 518 g/mol. The minimum absolute atomic E-state index is 0.214. The maximum Gasteiger partial charge on any atom is 0.348 e. The van der Waals surface area contributed by atoms with E-state index in [1.807, 2.05) is 30.3 Å². The first kappa shape index (κ1) is 26.3. The molecule has 2 aromatic carbocycles.